The van der Waals surface area contributed by atoms with Crippen LogP contribution in [0.4, 0.5) is 4.39 Å². The van der Waals surface area contributed by atoms with Crippen molar-refractivity contribution < 1.29 is 9.13 Å². The van der Waals surface area contributed by atoms with Gasteiger partial charge < -0.3 is 4.74 Å². The number of nitrogens with one attached hydrogen (secondary N) is 1. The standard InChI is InChI=1S/C16H22BrFN2O/c17-13-7-12(8-14(18)9-13)15(20-19)11-3-6-21-16(10-11)4-1-2-5-16/h7-9,11,15,20H,1-6,10,19H2. The lowest BCUT2D eigenvalue weighted by Gasteiger charge is -2.41. The monoisotopic (exact) mass is 356 g/mol. The van der Waals surface area contributed by atoms with Crippen molar-refractivity contribution in [3.05, 3.63) is 34.1 Å². The fourth-order valence-corrected chi connectivity index (χ4v) is 4.46. The van der Waals surface area contributed by atoms with E-state index in [9.17, 15) is 4.39 Å². The van der Waals surface area contributed by atoms with Gasteiger partial charge >= 0.3 is 0 Å². The minimum atomic E-state index is -0.234. The lowest BCUT2D eigenvalue weighted by atomic mass is 9.79. The van der Waals surface area contributed by atoms with Crippen LogP contribution in [-0.4, -0.2) is 12.2 Å². The van der Waals surface area contributed by atoms with Crippen LogP contribution in [0.15, 0.2) is 22.7 Å². The van der Waals surface area contributed by atoms with Crippen LogP contribution in [0.25, 0.3) is 0 Å². The van der Waals surface area contributed by atoms with E-state index in [1.807, 2.05) is 6.07 Å². The van der Waals surface area contributed by atoms with Gasteiger partial charge in [-0.2, -0.15) is 0 Å². The SMILES string of the molecule is NNC(c1cc(F)cc(Br)c1)C1CCOC2(CCCC2)C1. The molecule has 1 saturated carbocycles. The molecule has 21 heavy (non-hydrogen) atoms. The first-order valence-corrected chi connectivity index (χ1v) is 8.47. The zero-order valence-corrected chi connectivity index (χ0v) is 13.7. The largest absolute Gasteiger partial charge is 0.375 e. The first-order chi connectivity index (χ1) is 10.1. The molecule has 2 atom stereocenters. The number of ether oxygens (including phenoxy) is 1. The summed E-state index contributed by atoms with van der Waals surface area (Å²) in [6.45, 7) is 0.777. The molecular weight excluding hydrogens is 335 g/mol. The molecule has 2 aliphatic rings. The Labute approximate surface area is 133 Å². The van der Waals surface area contributed by atoms with Gasteiger partial charge in [-0.05, 0) is 55.4 Å². The molecule has 2 unspecified atom stereocenters. The summed E-state index contributed by atoms with van der Waals surface area (Å²) >= 11 is 3.36. The summed E-state index contributed by atoms with van der Waals surface area (Å²) in [5.74, 6) is 5.95. The number of nitrogens with two attached hydrogens (primary N) is 1. The van der Waals surface area contributed by atoms with Gasteiger partial charge in [-0.3, -0.25) is 11.3 Å². The Hall–Kier alpha value is -0.490. The number of hydrogen-bond donors (Lipinski definition) is 2. The van der Waals surface area contributed by atoms with E-state index in [2.05, 4.69) is 21.4 Å². The van der Waals surface area contributed by atoms with Crippen molar-refractivity contribution in [1.82, 2.24) is 5.43 Å². The lowest BCUT2D eigenvalue weighted by Crippen LogP contribution is -2.43. The fourth-order valence-electron chi connectivity index (χ4n) is 3.98. The molecule has 3 rings (SSSR count). The summed E-state index contributed by atoms with van der Waals surface area (Å²) < 4.78 is 20.5. The van der Waals surface area contributed by atoms with E-state index in [1.54, 1.807) is 6.07 Å². The Balaban J connectivity index is 1.82. The van der Waals surface area contributed by atoms with Crippen LogP contribution < -0.4 is 11.3 Å². The van der Waals surface area contributed by atoms with Crippen molar-refractivity contribution >= 4 is 15.9 Å². The third-order valence-corrected chi connectivity index (χ3v) is 5.40. The molecule has 1 saturated heterocycles. The Bertz CT molecular complexity index is 485. The number of halogens is 2. The van der Waals surface area contributed by atoms with Crippen LogP contribution in [-0.2, 0) is 4.74 Å². The van der Waals surface area contributed by atoms with Crippen LogP contribution in [0, 0.1) is 11.7 Å². The quantitative estimate of drug-likeness (QED) is 0.639. The van der Waals surface area contributed by atoms with E-state index < -0.39 is 0 Å². The van der Waals surface area contributed by atoms with Crippen molar-refractivity contribution in [3.8, 4) is 0 Å². The maximum atomic E-state index is 13.7. The molecule has 1 aliphatic carbocycles. The van der Waals surface area contributed by atoms with Gasteiger partial charge in [0.2, 0.25) is 0 Å². The van der Waals surface area contributed by atoms with Crippen molar-refractivity contribution in [2.75, 3.05) is 6.61 Å². The molecule has 1 aromatic carbocycles. The molecule has 0 radical (unpaired) electrons. The normalized spacial score (nSPS) is 26.1. The predicted octanol–water partition coefficient (Wildman–Crippen LogP) is 3.83. The van der Waals surface area contributed by atoms with Gasteiger partial charge in [0.05, 0.1) is 5.60 Å². The molecule has 0 bridgehead atoms. The van der Waals surface area contributed by atoms with E-state index in [4.69, 9.17) is 10.6 Å². The van der Waals surface area contributed by atoms with E-state index in [1.165, 1.54) is 18.9 Å². The highest BCUT2D eigenvalue weighted by Crippen LogP contribution is 2.45. The smallest absolute Gasteiger partial charge is 0.124 e. The second kappa shape index (κ2) is 6.32. The van der Waals surface area contributed by atoms with E-state index in [-0.39, 0.29) is 17.5 Å². The first kappa shape index (κ1) is 15.4. The van der Waals surface area contributed by atoms with Gasteiger partial charge in [-0.15, -0.1) is 0 Å². The highest BCUT2D eigenvalue weighted by molar-refractivity contribution is 9.10. The molecule has 0 amide bonds. The van der Waals surface area contributed by atoms with Gasteiger partial charge in [0.15, 0.2) is 0 Å². The van der Waals surface area contributed by atoms with E-state index in [0.29, 0.717) is 5.92 Å². The number of benzene rings is 1. The average molecular weight is 357 g/mol. The fraction of sp³-hybridized carbons (Fsp3) is 0.625. The maximum absolute atomic E-state index is 13.7. The van der Waals surface area contributed by atoms with Crippen molar-refractivity contribution in [2.24, 2.45) is 11.8 Å². The summed E-state index contributed by atoms with van der Waals surface area (Å²) in [4.78, 5) is 0. The predicted molar refractivity (Wildman–Crippen MR) is 84.0 cm³/mol. The third kappa shape index (κ3) is 3.31. The van der Waals surface area contributed by atoms with Crippen molar-refractivity contribution in [2.45, 2.75) is 50.2 Å². The minimum Gasteiger partial charge on any atom is -0.375 e. The molecule has 1 spiro atoms. The molecule has 116 valence electrons. The van der Waals surface area contributed by atoms with Gasteiger partial charge in [0.25, 0.3) is 0 Å². The summed E-state index contributed by atoms with van der Waals surface area (Å²) in [5.41, 5.74) is 3.86. The zero-order chi connectivity index (χ0) is 14.9. The molecule has 5 heteroatoms. The second-order valence-corrected chi connectivity index (χ2v) is 7.25. The second-order valence-electron chi connectivity index (χ2n) is 6.34. The van der Waals surface area contributed by atoms with Gasteiger partial charge in [0.1, 0.15) is 5.82 Å². The molecule has 1 aromatic rings. The third-order valence-electron chi connectivity index (χ3n) is 4.94. The van der Waals surface area contributed by atoms with Gasteiger partial charge in [0, 0.05) is 17.1 Å². The molecule has 2 fully saturated rings. The van der Waals surface area contributed by atoms with E-state index in [0.717, 1.165) is 42.3 Å². The highest BCUT2D eigenvalue weighted by atomic mass is 79.9. The van der Waals surface area contributed by atoms with E-state index >= 15 is 0 Å². The summed E-state index contributed by atoms with van der Waals surface area (Å²) in [6, 6.07) is 4.97. The van der Waals surface area contributed by atoms with Crippen LogP contribution in [0.1, 0.15) is 50.1 Å². The number of hydrazine groups is 1. The average Bonchev–Trinajstić information content (AvgIpc) is 2.86. The topological polar surface area (TPSA) is 47.3 Å². The number of rotatable bonds is 3. The summed E-state index contributed by atoms with van der Waals surface area (Å²) in [7, 11) is 0. The van der Waals surface area contributed by atoms with Crippen LogP contribution in [0.3, 0.4) is 0 Å². The highest BCUT2D eigenvalue weighted by Gasteiger charge is 2.42. The molecule has 0 aromatic heterocycles. The van der Waals surface area contributed by atoms with Crippen LogP contribution in [0.5, 0.6) is 0 Å². The summed E-state index contributed by atoms with van der Waals surface area (Å²) in [5, 5.41) is 0. The number of hydrogen-bond acceptors (Lipinski definition) is 3. The van der Waals surface area contributed by atoms with Gasteiger partial charge in [-0.1, -0.05) is 28.8 Å². The van der Waals surface area contributed by atoms with Crippen LogP contribution in [0.2, 0.25) is 0 Å². The Morgan fingerprint density at radius 1 is 1.33 bits per heavy atom. The molecule has 1 heterocycles. The van der Waals surface area contributed by atoms with Crippen molar-refractivity contribution in [3.63, 3.8) is 0 Å². The molecule has 3 N–H and O–H groups in total. The first-order valence-electron chi connectivity index (χ1n) is 7.68. The van der Waals surface area contributed by atoms with Crippen molar-refractivity contribution in [1.29, 1.82) is 0 Å². The molecular formula is C16H22BrFN2O. The minimum absolute atomic E-state index is 0.0293. The Morgan fingerprint density at radius 2 is 2.10 bits per heavy atom. The van der Waals surface area contributed by atoms with Crippen LogP contribution >= 0.6 is 15.9 Å². The Morgan fingerprint density at radius 3 is 2.76 bits per heavy atom. The zero-order valence-electron chi connectivity index (χ0n) is 12.1. The Kier molecular flexibility index (Phi) is 4.64. The maximum Gasteiger partial charge on any atom is 0.124 e. The molecule has 1 aliphatic heterocycles. The lowest BCUT2D eigenvalue weighted by molar-refractivity contribution is -0.0982. The van der Waals surface area contributed by atoms with Gasteiger partial charge in [-0.25, -0.2) is 4.39 Å². The summed E-state index contributed by atoms with van der Waals surface area (Å²) in [6.07, 6.45) is 6.76. The molecule has 3 nitrogen and oxygen atoms in total.